The van der Waals surface area contributed by atoms with E-state index in [9.17, 15) is 4.79 Å². The number of benzene rings is 2. The van der Waals surface area contributed by atoms with Gasteiger partial charge in [0.2, 0.25) is 5.75 Å². The van der Waals surface area contributed by atoms with Gasteiger partial charge in [0.05, 0.1) is 30.0 Å². The van der Waals surface area contributed by atoms with E-state index < -0.39 is 0 Å². The van der Waals surface area contributed by atoms with E-state index >= 15 is 0 Å². The van der Waals surface area contributed by atoms with Gasteiger partial charge in [-0.15, -0.1) is 35.1 Å². The summed E-state index contributed by atoms with van der Waals surface area (Å²) in [5.74, 6) is 1.30. The lowest BCUT2D eigenvalue weighted by molar-refractivity contribution is 0.102. The lowest BCUT2D eigenvalue weighted by Gasteiger charge is -2.22. The molecule has 38 heavy (non-hydrogen) atoms. The van der Waals surface area contributed by atoms with Crippen molar-refractivity contribution >= 4 is 56.2 Å². The SMILES string of the molecule is CCOc1cc(C(=O)Nc2sc3c(c2-c2nc4ccccc4s2)CCN(C)C3)cc(OCC)c1OCC.Cl. The zero-order chi connectivity index (χ0) is 25.9. The Labute approximate surface area is 237 Å². The van der Waals surface area contributed by atoms with E-state index in [0.717, 1.165) is 45.3 Å². The van der Waals surface area contributed by atoms with Crippen molar-refractivity contribution < 1.29 is 19.0 Å². The number of hydrogen-bond acceptors (Lipinski definition) is 8. The van der Waals surface area contributed by atoms with Gasteiger partial charge in [-0.2, -0.15) is 0 Å². The third-order valence-corrected chi connectivity index (χ3v) is 8.34. The maximum absolute atomic E-state index is 13.6. The topological polar surface area (TPSA) is 72.9 Å². The number of fused-ring (bicyclic) bond motifs is 2. The summed E-state index contributed by atoms with van der Waals surface area (Å²) in [6, 6.07) is 11.6. The van der Waals surface area contributed by atoms with Crippen molar-refractivity contribution in [1.29, 1.82) is 0 Å². The standard InChI is InChI=1S/C28H31N3O4S2.ClH/c1-5-33-20-14-17(15-21(34-6-2)25(20)35-7-3)26(32)30-28-24(18-12-13-31(4)16-23(18)37-28)27-29-19-10-8-9-11-22(19)36-27;/h8-11,14-15H,5-7,12-13,16H2,1-4H3,(H,30,32);1H. The quantitative estimate of drug-likeness (QED) is 0.235. The first-order valence-electron chi connectivity index (χ1n) is 12.6. The smallest absolute Gasteiger partial charge is 0.256 e. The number of nitrogens with zero attached hydrogens (tertiary/aromatic N) is 2. The summed E-state index contributed by atoms with van der Waals surface area (Å²) in [6.07, 6.45) is 0.926. The molecule has 5 rings (SSSR count). The first kappa shape index (κ1) is 28.2. The molecule has 2 aromatic carbocycles. The molecule has 0 spiro atoms. The number of rotatable bonds is 9. The first-order valence-corrected chi connectivity index (χ1v) is 14.2. The van der Waals surface area contributed by atoms with Crippen LogP contribution in [0.25, 0.3) is 20.8 Å². The maximum Gasteiger partial charge on any atom is 0.256 e. The molecule has 1 aliphatic heterocycles. The third-order valence-electron chi connectivity index (χ3n) is 6.15. The number of anilines is 1. The lowest BCUT2D eigenvalue weighted by atomic mass is 10.0. The monoisotopic (exact) mass is 573 g/mol. The fourth-order valence-electron chi connectivity index (χ4n) is 4.52. The Kier molecular flexibility index (Phi) is 9.15. The van der Waals surface area contributed by atoms with E-state index in [1.807, 2.05) is 39.0 Å². The summed E-state index contributed by atoms with van der Waals surface area (Å²) in [7, 11) is 2.13. The van der Waals surface area contributed by atoms with Gasteiger partial charge in [0.15, 0.2) is 11.5 Å². The van der Waals surface area contributed by atoms with Crippen LogP contribution < -0.4 is 19.5 Å². The summed E-state index contributed by atoms with van der Waals surface area (Å²) in [6.45, 7) is 8.91. The Morgan fingerprint density at radius 3 is 2.37 bits per heavy atom. The number of carbonyl (C=O) groups is 1. The summed E-state index contributed by atoms with van der Waals surface area (Å²) >= 11 is 3.30. The average molecular weight is 574 g/mol. The molecule has 0 radical (unpaired) electrons. The number of carbonyl (C=O) groups excluding carboxylic acids is 1. The van der Waals surface area contributed by atoms with Crippen LogP contribution >= 0.6 is 35.1 Å². The molecule has 1 amide bonds. The number of para-hydroxylation sites is 1. The molecule has 7 nitrogen and oxygen atoms in total. The molecule has 1 N–H and O–H groups in total. The van der Waals surface area contributed by atoms with Crippen LogP contribution in [0.15, 0.2) is 36.4 Å². The van der Waals surface area contributed by atoms with Crippen LogP contribution in [0.5, 0.6) is 17.2 Å². The molecule has 0 saturated carbocycles. The van der Waals surface area contributed by atoms with Gasteiger partial charge in [-0.3, -0.25) is 4.79 Å². The van der Waals surface area contributed by atoms with Crippen LogP contribution in [0.4, 0.5) is 5.00 Å². The Hall–Kier alpha value is -2.85. The number of thiophene rings is 1. The van der Waals surface area contributed by atoms with Crippen molar-refractivity contribution in [3.63, 3.8) is 0 Å². The molecule has 1 aliphatic rings. The highest BCUT2D eigenvalue weighted by Gasteiger charge is 2.27. The van der Waals surface area contributed by atoms with Crippen LogP contribution in [0, 0.1) is 0 Å². The molecule has 0 unspecified atom stereocenters. The molecular weight excluding hydrogens is 542 g/mol. The molecule has 0 fully saturated rings. The van der Waals surface area contributed by atoms with Crippen molar-refractivity contribution in [3.05, 3.63) is 52.4 Å². The number of likely N-dealkylation sites (N-methyl/N-ethyl adjacent to an activating group) is 1. The molecule has 202 valence electrons. The zero-order valence-corrected chi connectivity index (χ0v) is 24.4. The lowest BCUT2D eigenvalue weighted by Crippen LogP contribution is -2.25. The van der Waals surface area contributed by atoms with E-state index in [1.54, 1.807) is 34.8 Å². The first-order chi connectivity index (χ1) is 18.0. The van der Waals surface area contributed by atoms with Crippen molar-refractivity contribution in [1.82, 2.24) is 9.88 Å². The predicted molar refractivity (Wildman–Crippen MR) is 158 cm³/mol. The van der Waals surface area contributed by atoms with Gasteiger partial charge >= 0.3 is 0 Å². The van der Waals surface area contributed by atoms with Crippen molar-refractivity contribution in [2.75, 3.05) is 38.7 Å². The maximum atomic E-state index is 13.6. The Morgan fingerprint density at radius 2 is 1.71 bits per heavy atom. The van der Waals surface area contributed by atoms with E-state index in [-0.39, 0.29) is 18.3 Å². The average Bonchev–Trinajstić information content (AvgIpc) is 3.46. The summed E-state index contributed by atoms with van der Waals surface area (Å²) in [4.78, 5) is 22.2. The second-order valence-corrected chi connectivity index (χ2v) is 10.9. The number of thiazole rings is 1. The van der Waals surface area contributed by atoms with E-state index in [0.29, 0.717) is 42.6 Å². The predicted octanol–water partition coefficient (Wildman–Crippen LogP) is 6.88. The molecule has 0 saturated heterocycles. The van der Waals surface area contributed by atoms with Gasteiger partial charge in [-0.05, 0) is 64.1 Å². The Balaban J connectivity index is 0.00000336. The summed E-state index contributed by atoms with van der Waals surface area (Å²) < 4.78 is 18.6. The van der Waals surface area contributed by atoms with Crippen LogP contribution in [-0.4, -0.2) is 49.2 Å². The molecule has 0 atom stereocenters. The second-order valence-electron chi connectivity index (χ2n) is 8.74. The van der Waals surface area contributed by atoms with Crippen LogP contribution in [0.1, 0.15) is 41.6 Å². The number of aromatic nitrogens is 1. The summed E-state index contributed by atoms with van der Waals surface area (Å²) in [5, 5.41) is 4.98. The molecule has 4 aromatic rings. The number of amides is 1. The molecule has 0 bridgehead atoms. The van der Waals surface area contributed by atoms with Gasteiger partial charge in [0.1, 0.15) is 10.0 Å². The molecule has 10 heteroatoms. The Morgan fingerprint density at radius 1 is 1.03 bits per heavy atom. The molecule has 3 heterocycles. The highest BCUT2D eigenvalue weighted by atomic mass is 35.5. The van der Waals surface area contributed by atoms with Crippen molar-refractivity contribution in [2.24, 2.45) is 0 Å². The molecule has 0 aliphatic carbocycles. The minimum absolute atomic E-state index is 0. The number of hydrogen-bond donors (Lipinski definition) is 1. The van der Waals surface area contributed by atoms with Gasteiger partial charge in [-0.1, -0.05) is 12.1 Å². The zero-order valence-electron chi connectivity index (χ0n) is 22.0. The summed E-state index contributed by atoms with van der Waals surface area (Å²) in [5.41, 5.74) is 3.76. The Bertz CT molecular complexity index is 1370. The van der Waals surface area contributed by atoms with Gasteiger partial charge in [-0.25, -0.2) is 4.98 Å². The van der Waals surface area contributed by atoms with Crippen LogP contribution in [0.2, 0.25) is 0 Å². The number of nitrogens with one attached hydrogen (secondary N) is 1. The van der Waals surface area contributed by atoms with E-state index in [2.05, 4.69) is 23.3 Å². The van der Waals surface area contributed by atoms with Crippen LogP contribution in [-0.2, 0) is 13.0 Å². The highest BCUT2D eigenvalue weighted by molar-refractivity contribution is 7.23. The minimum atomic E-state index is -0.223. The number of ether oxygens (including phenoxy) is 3. The van der Waals surface area contributed by atoms with Crippen molar-refractivity contribution in [3.8, 4) is 27.8 Å². The fourth-order valence-corrected chi connectivity index (χ4v) is 6.95. The van der Waals surface area contributed by atoms with Gasteiger partial charge < -0.3 is 24.4 Å². The van der Waals surface area contributed by atoms with E-state index in [1.165, 1.54) is 10.4 Å². The van der Waals surface area contributed by atoms with Gasteiger partial charge in [0, 0.05) is 29.1 Å². The normalized spacial score (nSPS) is 13.1. The highest BCUT2D eigenvalue weighted by Crippen LogP contribution is 2.46. The third kappa shape index (κ3) is 5.61. The van der Waals surface area contributed by atoms with Gasteiger partial charge in [0.25, 0.3) is 5.91 Å². The molecular formula is C28H32ClN3O4S2. The fraction of sp³-hybridized carbons (Fsp3) is 0.357. The number of halogens is 1. The second kappa shape index (κ2) is 12.3. The largest absolute Gasteiger partial charge is 0.490 e. The van der Waals surface area contributed by atoms with Crippen LogP contribution in [0.3, 0.4) is 0 Å². The molecule has 2 aromatic heterocycles. The van der Waals surface area contributed by atoms with Crippen molar-refractivity contribution in [2.45, 2.75) is 33.7 Å². The van der Waals surface area contributed by atoms with E-state index in [4.69, 9.17) is 19.2 Å². The minimum Gasteiger partial charge on any atom is -0.490 e.